The SMILES string of the molecule is CC(Oc1ccccc1)C(=O)NCCCCCCC(=O)O. The highest BCUT2D eigenvalue weighted by Gasteiger charge is 2.13. The minimum Gasteiger partial charge on any atom is -0.481 e. The van der Waals surface area contributed by atoms with Crippen molar-refractivity contribution in [3.05, 3.63) is 30.3 Å². The van der Waals surface area contributed by atoms with Gasteiger partial charge in [-0.25, -0.2) is 0 Å². The van der Waals surface area contributed by atoms with E-state index in [0.29, 0.717) is 18.7 Å². The second-order valence-electron chi connectivity index (χ2n) is 4.92. The number of carboxylic acid groups (broad SMARTS) is 1. The number of amides is 1. The molecule has 0 spiro atoms. The third-order valence-corrected chi connectivity index (χ3v) is 3.04. The van der Waals surface area contributed by atoms with E-state index >= 15 is 0 Å². The number of carbonyl (C=O) groups excluding carboxylic acids is 1. The average Bonchev–Trinajstić information content (AvgIpc) is 2.46. The van der Waals surface area contributed by atoms with Crippen molar-refractivity contribution in [2.75, 3.05) is 6.54 Å². The Balaban J connectivity index is 2.09. The highest BCUT2D eigenvalue weighted by Crippen LogP contribution is 2.10. The van der Waals surface area contributed by atoms with Crippen molar-refractivity contribution >= 4 is 11.9 Å². The normalized spacial score (nSPS) is 11.7. The summed E-state index contributed by atoms with van der Waals surface area (Å²) in [5, 5.41) is 11.3. The number of nitrogens with one attached hydrogen (secondary N) is 1. The fraction of sp³-hybridized carbons (Fsp3) is 0.500. The van der Waals surface area contributed by atoms with Gasteiger partial charge >= 0.3 is 5.97 Å². The molecule has 0 saturated heterocycles. The molecule has 5 nitrogen and oxygen atoms in total. The zero-order chi connectivity index (χ0) is 15.5. The van der Waals surface area contributed by atoms with Crippen LogP contribution in [0.3, 0.4) is 0 Å². The van der Waals surface area contributed by atoms with Gasteiger partial charge in [0.1, 0.15) is 5.75 Å². The van der Waals surface area contributed by atoms with Crippen LogP contribution >= 0.6 is 0 Å². The van der Waals surface area contributed by atoms with E-state index in [1.807, 2.05) is 30.3 Å². The van der Waals surface area contributed by atoms with Crippen molar-refractivity contribution in [3.8, 4) is 5.75 Å². The van der Waals surface area contributed by atoms with Crippen LogP contribution in [0.25, 0.3) is 0 Å². The van der Waals surface area contributed by atoms with E-state index in [2.05, 4.69) is 5.32 Å². The Morgan fingerprint density at radius 2 is 1.81 bits per heavy atom. The molecule has 5 heteroatoms. The van der Waals surface area contributed by atoms with E-state index in [4.69, 9.17) is 9.84 Å². The fourth-order valence-corrected chi connectivity index (χ4v) is 1.87. The van der Waals surface area contributed by atoms with Crippen LogP contribution in [-0.2, 0) is 9.59 Å². The number of unbranched alkanes of at least 4 members (excludes halogenated alkanes) is 3. The maximum atomic E-state index is 11.8. The number of hydrogen-bond acceptors (Lipinski definition) is 3. The first-order valence-corrected chi connectivity index (χ1v) is 7.31. The predicted molar refractivity (Wildman–Crippen MR) is 80.3 cm³/mol. The molecule has 116 valence electrons. The summed E-state index contributed by atoms with van der Waals surface area (Å²) in [5.74, 6) is -0.214. The highest BCUT2D eigenvalue weighted by molar-refractivity contribution is 5.80. The van der Waals surface area contributed by atoms with Gasteiger partial charge in [-0.3, -0.25) is 9.59 Å². The fourth-order valence-electron chi connectivity index (χ4n) is 1.87. The number of aliphatic carboxylic acids is 1. The van der Waals surface area contributed by atoms with Crippen molar-refractivity contribution in [1.82, 2.24) is 5.32 Å². The Morgan fingerprint density at radius 1 is 1.14 bits per heavy atom. The van der Waals surface area contributed by atoms with Crippen molar-refractivity contribution in [3.63, 3.8) is 0 Å². The zero-order valence-corrected chi connectivity index (χ0v) is 12.4. The standard InChI is InChI=1S/C16H23NO4/c1-13(21-14-9-5-4-6-10-14)16(20)17-12-8-3-2-7-11-15(18)19/h4-6,9-10,13H,2-3,7-8,11-12H2,1H3,(H,17,20)(H,18,19). The lowest BCUT2D eigenvalue weighted by Gasteiger charge is -2.14. The monoisotopic (exact) mass is 293 g/mol. The molecule has 1 unspecified atom stereocenters. The van der Waals surface area contributed by atoms with Crippen LogP contribution in [0.1, 0.15) is 39.0 Å². The van der Waals surface area contributed by atoms with Crippen LogP contribution in [0.4, 0.5) is 0 Å². The summed E-state index contributed by atoms with van der Waals surface area (Å²) < 4.78 is 5.52. The maximum absolute atomic E-state index is 11.8. The first kappa shape index (κ1) is 17.0. The lowest BCUT2D eigenvalue weighted by Crippen LogP contribution is -2.36. The first-order valence-electron chi connectivity index (χ1n) is 7.31. The predicted octanol–water partition coefficient (Wildman–Crippen LogP) is 2.61. The molecule has 1 amide bonds. The molecule has 0 radical (unpaired) electrons. The summed E-state index contributed by atoms with van der Waals surface area (Å²) >= 11 is 0. The first-order chi connectivity index (χ1) is 10.1. The maximum Gasteiger partial charge on any atom is 0.303 e. The smallest absolute Gasteiger partial charge is 0.303 e. The highest BCUT2D eigenvalue weighted by atomic mass is 16.5. The second-order valence-corrected chi connectivity index (χ2v) is 4.92. The van der Waals surface area contributed by atoms with Crippen molar-refractivity contribution in [2.24, 2.45) is 0 Å². The van der Waals surface area contributed by atoms with Crippen LogP contribution in [0.5, 0.6) is 5.75 Å². The van der Waals surface area contributed by atoms with Crippen LogP contribution in [0, 0.1) is 0 Å². The van der Waals surface area contributed by atoms with Crippen LogP contribution < -0.4 is 10.1 Å². The van der Waals surface area contributed by atoms with Gasteiger partial charge in [-0.15, -0.1) is 0 Å². The number of rotatable bonds is 10. The molecule has 1 aromatic carbocycles. The molecule has 1 atom stereocenters. The molecule has 0 aliphatic carbocycles. The van der Waals surface area contributed by atoms with Gasteiger partial charge in [0.25, 0.3) is 5.91 Å². The van der Waals surface area contributed by atoms with E-state index in [1.54, 1.807) is 6.92 Å². The minimum atomic E-state index is -0.754. The van der Waals surface area contributed by atoms with Gasteiger partial charge in [0.05, 0.1) is 0 Å². The molecular formula is C16H23NO4. The Kier molecular flexibility index (Phi) is 7.94. The van der Waals surface area contributed by atoms with E-state index in [9.17, 15) is 9.59 Å². The Morgan fingerprint density at radius 3 is 2.48 bits per heavy atom. The van der Waals surface area contributed by atoms with E-state index in [-0.39, 0.29) is 12.3 Å². The molecule has 0 aliphatic heterocycles. The summed E-state index contributed by atoms with van der Waals surface area (Å²) in [6, 6.07) is 9.23. The van der Waals surface area contributed by atoms with Crippen molar-refractivity contribution in [1.29, 1.82) is 0 Å². The molecule has 1 aromatic rings. The third kappa shape index (κ3) is 7.97. The molecule has 0 heterocycles. The molecule has 0 fully saturated rings. The van der Waals surface area contributed by atoms with Crippen LogP contribution in [0.2, 0.25) is 0 Å². The largest absolute Gasteiger partial charge is 0.481 e. The summed E-state index contributed by atoms with van der Waals surface area (Å²) in [7, 11) is 0. The number of carbonyl (C=O) groups is 2. The summed E-state index contributed by atoms with van der Waals surface area (Å²) in [6.45, 7) is 2.31. The minimum absolute atomic E-state index is 0.135. The van der Waals surface area contributed by atoms with Gasteiger partial charge < -0.3 is 15.2 Å². The quantitative estimate of drug-likeness (QED) is 0.650. The molecule has 0 aliphatic rings. The topological polar surface area (TPSA) is 75.6 Å². The summed E-state index contributed by atoms with van der Waals surface area (Å²) in [4.78, 5) is 22.1. The van der Waals surface area contributed by atoms with E-state index in [0.717, 1.165) is 19.3 Å². The zero-order valence-electron chi connectivity index (χ0n) is 12.4. The molecule has 21 heavy (non-hydrogen) atoms. The van der Waals surface area contributed by atoms with Crippen molar-refractivity contribution in [2.45, 2.75) is 45.1 Å². The number of para-hydroxylation sites is 1. The molecule has 0 bridgehead atoms. The van der Waals surface area contributed by atoms with E-state index in [1.165, 1.54) is 0 Å². The summed E-state index contributed by atoms with van der Waals surface area (Å²) in [5.41, 5.74) is 0. The third-order valence-electron chi connectivity index (χ3n) is 3.04. The van der Waals surface area contributed by atoms with Gasteiger partial charge in [-0.2, -0.15) is 0 Å². The van der Waals surface area contributed by atoms with Gasteiger partial charge in [-0.1, -0.05) is 31.0 Å². The Labute approximate surface area is 125 Å². The molecule has 0 saturated carbocycles. The van der Waals surface area contributed by atoms with E-state index < -0.39 is 12.1 Å². The van der Waals surface area contributed by atoms with Crippen molar-refractivity contribution < 1.29 is 19.4 Å². The second kappa shape index (κ2) is 9.80. The number of carboxylic acids is 1. The Bertz CT molecular complexity index is 433. The summed E-state index contributed by atoms with van der Waals surface area (Å²) in [6.07, 6.45) is 3.02. The molecule has 1 rings (SSSR count). The Hall–Kier alpha value is -2.04. The van der Waals surface area contributed by atoms with Gasteiger partial charge in [0.15, 0.2) is 6.10 Å². The molecule has 2 N–H and O–H groups in total. The van der Waals surface area contributed by atoms with Gasteiger partial charge in [0.2, 0.25) is 0 Å². The van der Waals surface area contributed by atoms with Crippen LogP contribution in [-0.4, -0.2) is 29.6 Å². The number of benzene rings is 1. The lowest BCUT2D eigenvalue weighted by molar-refractivity contribution is -0.137. The lowest BCUT2D eigenvalue weighted by atomic mass is 10.1. The molecular weight excluding hydrogens is 270 g/mol. The van der Waals surface area contributed by atoms with Crippen LogP contribution in [0.15, 0.2) is 30.3 Å². The van der Waals surface area contributed by atoms with Gasteiger partial charge in [-0.05, 0) is 31.9 Å². The number of hydrogen-bond donors (Lipinski definition) is 2. The average molecular weight is 293 g/mol. The van der Waals surface area contributed by atoms with Gasteiger partial charge in [0, 0.05) is 13.0 Å². The molecule has 0 aromatic heterocycles. The number of ether oxygens (including phenoxy) is 1.